The Kier molecular flexibility index (Phi) is 5.78. The minimum atomic E-state index is -3.62. The predicted octanol–water partition coefficient (Wildman–Crippen LogP) is 0.986. The van der Waals surface area contributed by atoms with Gasteiger partial charge in [0.2, 0.25) is 5.91 Å². The molecule has 1 aliphatic rings. The summed E-state index contributed by atoms with van der Waals surface area (Å²) < 4.78 is 27.3. The van der Waals surface area contributed by atoms with Gasteiger partial charge in [0, 0.05) is 13.1 Å². The normalized spacial score (nSPS) is 17.1. The minimum absolute atomic E-state index is 0.190. The number of nitrogens with zero attached hydrogens (tertiary/aromatic N) is 1. The number of sulfonamides is 1. The first-order valence-corrected chi connectivity index (χ1v) is 9.74. The largest absolute Gasteiger partial charge is 0.342 e. The second kappa shape index (κ2) is 7.19. The highest BCUT2D eigenvalue weighted by Gasteiger charge is 2.24. The number of halogens is 1. The summed E-state index contributed by atoms with van der Waals surface area (Å²) in [6, 6.07) is 3.17. The number of likely N-dealkylation sites (tertiary alicyclic amines) is 1. The van der Waals surface area contributed by atoms with Gasteiger partial charge in [-0.25, -0.2) is 13.1 Å². The van der Waals surface area contributed by atoms with Crippen LogP contribution >= 0.6 is 27.3 Å². The van der Waals surface area contributed by atoms with Crippen molar-refractivity contribution < 1.29 is 13.2 Å². The fraction of sp³-hybridized carbons (Fsp3) is 0.583. The van der Waals surface area contributed by atoms with Gasteiger partial charge in [0.15, 0.2) is 0 Å². The van der Waals surface area contributed by atoms with Gasteiger partial charge in [0.25, 0.3) is 10.0 Å². The number of hydrogen-bond acceptors (Lipinski definition) is 5. The van der Waals surface area contributed by atoms with Gasteiger partial charge in [0.05, 0.1) is 10.3 Å². The molecule has 2 heterocycles. The lowest BCUT2D eigenvalue weighted by Gasteiger charge is -2.31. The number of hydrogen-bond donors (Lipinski definition) is 2. The Morgan fingerprint density at radius 2 is 2.10 bits per heavy atom. The van der Waals surface area contributed by atoms with E-state index in [1.54, 1.807) is 11.0 Å². The lowest BCUT2D eigenvalue weighted by molar-refractivity contribution is -0.131. The zero-order chi connectivity index (χ0) is 15.5. The molecular formula is C12H18BrN3O3S2. The van der Waals surface area contributed by atoms with Crippen molar-refractivity contribution in [2.24, 2.45) is 11.7 Å². The van der Waals surface area contributed by atoms with Crippen molar-refractivity contribution in [3.8, 4) is 0 Å². The third-order valence-electron chi connectivity index (χ3n) is 3.53. The van der Waals surface area contributed by atoms with Crippen molar-refractivity contribution in [3.63, 3.8) is 0 Å². The Morgan fingerprint density at radius 3 is 2.62 bits per heavy atom. The summed E-state index contributed by atoms with van der Waals surface area (Å²) in [7, 11) is -3.62. The van der Waals surface area contributed by atoms with Crippen LogP contribution < -0.4 is 10.5 Å². The zero-order valence-electron chi connectivity index (χ0n) is 11.4. The first-order chi connectivity index (χ1) is 9.92. The number of nitrogens with two attached hydrogens (primary N) is 1. The second-order valence-corrected chi connectivity index (χ2v) is 9.40. The van der Waals surface area contributed by atoms with Crippen LogP contribution in [0.2, 0.25) is 0 Å². The van der Waals surface area contributed by atoms with Crippen LogP contribution in [0.1, 0.15) is 12.8 Å². The smallest absolute Gasteiger partial charge is 0.250 e. The van der Waals surface area contributed by atoms with Crippen molar-refractivity contribution in [2.75, 3.05) is 26.2 Å². The fourth-order valence-corrected chi connectivity index (χ4v) is 5.23. The van der Waals surface area contributed by atoms with E-state index in [0.717, 1.165) is 28.0 Å². The van der Waals surface area contributed by atoms with E-state index in [2.05, 4.69) is 20.7 Å². The molecule has 6 nitrogen and oxygen atoms in total. The van der Waals surface area contributed by atoms with Crippen LogP contribution in [0.4, 0.5) is 0 Å². The third-order valence-corrected chi connectivity index (χ3v) is 7.04. The highest BCUT2D eigenvalue weighted by molar-refractivity contribution is 9.11. The summed E-state index contributed by atoms with van der Waals surface area (Å²) in [6.07, 6.45) is 1.76. The summed E-state index contributed by atoms with van der Waals surface area (Å²) in [6.45, 7) is 1.73. The van der Waals surface area contributed by atoms with Crippen molar-refractivity contribution in [3.05, 3.63) is 15.9 Å². The molecule has 0 aromatic carbocycles. The van der Waals surface area contributed by atoms with Crippen molar-refractivity contribution in [1.82, 2.24) is 9.62 Å². The first kappa shape index (κ1) is 16.9. The molecule has 1 fully saturated rings. The Labute approximate surface area is 136 Å². The predicted molar refractivity (Wildman–Crippen MR) is 85.6 cm³/mol. The fourth-order valence-electron chi connectivity index (χ4n) is 2.20. The summed E-state index contributed by atoms with van der Waals surface area (Å²) in [5.74, 6) is 0.277. The van der Waals surface area contributed by atoms with Crippen LogP contribution in [0.15, 0.2) is 20.1 Å². The lowest BCUT2D eigenvalue weighted by atomic mass is 9.97. The van der Waals surface area contributed by atoms with E-state index >= 15 is 0 Å². The highest BCUT2D eigenvalue weighted by Crippen LogP contribution is 2.25. The summed E-state index contributed by atoms with van der Waals surface area (Å²) >= 11 is 4.33. The molecule has 0 atom stereocenters. The van der Waals surface area contributed by atoms with E-state index in [0.29, 0.717) is 25.6 Å². The zero-order valence-corrected chi connectivity index (χ0v) is 14.6. The number of thiophene rings is 1. The van der Waals surface area contributed by atoms with Crippen molar-refractivity contribution in [1.29, 1.82) is 0 Å². The minimum Gasteiger partial charge on any atom is -0.342 e. The van der Waals surface area contributed by atoms with Gasteiger partial charge in [0.1, 0.15) is 4.21 Å². The van der Waals surface area contributed by atoms with E-state index < -0.39 is 10.0 Å². The van der Waals surface area contributed by atoms with Crippen LogP contribution in [-0.4, -0.2) is 45.4 Å². The number of nitrogens with one attached hydrogen (secondary N) is 1. The molecule has 118 valence electrons. The molecule has 1 saturated heterocycles. The maximum atomic E-state index is 12.0. The van der Waals surface area contributed by atoms with Gasteiger partial charge in [-0.05, 0) is 53.4 Å². The average molecular weight is 396 g/mol. The van der Waals surface area contributed by atoms with Gasteiger partial charge < -0.3 is 10.6 Å². The summed E-state index contributed by atoms with van der Waals surface area (Å²) in [5.41, 5.74) is 5.61. The number of carbonyl (C=O) groups is 1. The van der Waals surface area contributed by atoms with E-state index in [9.17, 15) is 13.2 Å². The van der Waals surface area contributed by atoms with Crippen LogP contribution in [-0.2, 0) is 14.8 Å². The van der Waals surface area contributed by atoms with E-state index in [1.165, 1.54) is 6.07 Å². The molecule has 1 aliphatic heterocycles. The standard InChI is InChI=1S/C12H18BrN3O3S2/c13-10-1-2-12(20-10)21(18,19)15-8-11(17)16-5-3-9(7-14)4-6-16/h1-2,9,15H,3-8,14H2. The molecule has 0 saturated carbocycles. The number of amides is 1. The van der Waals surface area contributed by atoms with E-state index in [1.807, 2.05) is 0 Å². The molecule has 3 N–H and O–H groups in total. The van der Waals surface area contributed by atoms with Crippen LogP contribution in [0, 0.1) is 5.92 Å². The molecule has 2 rings (SSSR count). The Bertz CT molecular complexity index is 595. The van der Waals surface area contributed by atoms with Crippen LogP contribution in [0.5, 0.6) is 0 Å². The first-order valence-electron chi connectivity index (χ1n) is 6.65. The molecule has 0 bridgehead atoms. The molecule has 1 aromatic rings. The van der Waals surface area contributed by atoms with Crippen molar-refractivity contribution >= 4 is 43.2 Å². The Hall–Kier alpha value is -0.480. The van der Waals surface area contributed by atoms with Gasteiger partial charge in [-0.1, -0.05) is 0 Å². The maximum absolute atomic E-state index is 12.0. The number of carbonyl (C=O) groups excluding carboxylic acids is 1. The average Bonchev–Trinajstić information content (AvgIpc) is 2.92. The quantitative estimate of drug-likeness (QED) is 0.776. The Morgan fingerprint density at radius 1 is 1.43 bits per heavy atom. The maximum Gasteiger partial charge on any atom is 0.250 e. The van der Waals surface area contributed by atoms with Crippen LogP contribution in [0.25, 0.3) is 0 Å². The second-order valence-electron chi connectivity index (χ2n) is 4.94. The molecule has 0 radical (unpaired) electrons. The summed E-state index contributed by atoms with van der Waals surface area (Å²) in [5, 5.41) is 0. The number of piperidine rings is 1. The van der Waals surface area contributed by atoms with E-state index in [-0.39, 0.29) is 16.7 Å². The Balaban J connectivity index is 1.87. The van der Waals surface area contributed by atoms with Gasteiger partial charge >= 0.3 is 0 Å². The van der Waals surface area contributed by atoms with Gasteiger partial charge in [-0.3, -0.25) is 4.79 Å². The number of rotatable bonds is 5. The molecule has 0 unspecified atom stereocenters. The lowest BCUT2D eigenvalue weighted by Crippen LogP contribution is -2.44. The molecule has 1 aromatic heterocycles. The molecule has 21 heavy (non-hydrogen) atoms. The molecule has 9 heteroatoms. The van der Waals surface area contributed by atoms with Gasteiger partial charge in [-0.15, -0.1) is 11.3 Å². The van der Waals surface area contributed by atoms with Crippen molar-refractivity contribution in [2.45, 2.75) is 17.1 Å². The van der Waals surface area contributed by atoms with E-state index in [4.69, 9.17) is 5.73 Å². The molecule has 1 amide bonds. The molecule has 0 aliphatic carbocycles. The topological polar surface area (TPSA) is 92.5 Å². The SMILES string of the molecule is NCC1CCN(C(=O)CNS(=O)(=O)c2ccc(Br)s2)CC1. The highest BCUT2D eigenvalue weighted by atomic mass is 79.9. The van der Waals surface area contributed by atoms with Crippen LogP contribution in [0.3, 0.4) is 0 Å². The third kappa shape index (κ3) is 4.49. The summed E-state index contributed by atoms with van der Waals surface area (Å²) in [4.78, 5) is 13.7. The molecule has 0 spiro atoms. The monoisotopic (exact) mass is 395 g/mol. The molecular weight excluding hydrogens is 378 g/mol. The van der Waals surface area contributed by atoms with Gasteiger partial charge in [-0.2, -0.15) is 0 Å².